The molecule has 0 aliphatic heterocycles. The van der Waals surface area contributed by atoms with E-state index >= 15 is 0 Å². The summed E-state index contributed by atoms with van der Waals surface area (Å²) in [6, 6.07) is 3.35. The van der Waals surface area contributed by atoms with Crippen molar-refractivity contribution in [2.24, 2.45) is 0 Å². The quantitative estimate of drug-likeness (QED) is 0.828. The van der Waals surface area contributed by atoms with Gasteiger partial charge in [0, 0.05) is 6.07 Å². The van der Waals surface area contributed by atoms with Crippen molar-refractivity contribution in [1.82, 2.24) is 15.0 Å². The van der Waals surface area contributed by atoms with Crippen LogP contribution in [0.4, 0.5) is 5.82 Å². The van der Waals surface area contributed by atoms with E-state index in [1.807, 2.05) is 0 Å². The van der Waals surface area contributed by atoms with Crippen molar-refractivity contribution in [3.05, 3.63) is 24.0 Å². The molecular formula is C13H14N4O4. The average Bonchev–Trinajstić information content (AvgIpc) is 2.54. The van der Waals surface area contributed by atoms with Gasteiger partial charge in [-0.05, 0) is 6.07 Å². The second kappa shape index (κ2) is 6.04. The Morgan fingerprint density at radius 1 is 1.14 bits per heavy atom. The molecule has 0 aliphatic rings. The number of nitrogen functional groups attached to an aromatic ring is 1. The molecule has 2 N–H and O–H groups in total. The minimum absolute atomic E-state index is 0.00830. The Morgan fingerprint density at radius 3 is 2.52 bits per heavy atom. The summed E-state index contributed by atoms with van der Waals surface area (Å²) >= 11 is 0. The van der Waals surface area contributed by atoms with Gasteiger partial charge in [-0.2, -0.15) is 4.98 Å². The SMILES string of the molecule is COC(=O)c1nc(-c2ccc(OC)nc2OC)cnc1N. The zero-order chi connectivity index (χ0) is 15.4. The standard InChI is InChI=1S/C13H14N4O4/c1-19-9-5-4-7(12(17-9)20-2)8-6-15-11(14)10(16-8)13(18)21-3/h4-6H,1-3H3,(H2,14,15). The van der Waals surface area contributed by atoms with Crippen LogP contribution in [0, 0.1) is 0 Å². The summed E-state index contributed by atoms with van der Waals surface area (Å²) in [5.74, 6) is 0.0183. The third-order valence-electron chi connectivity index (χ3n) is 2.69. The molecule has 0 bridgehead atoms. The van der Waals surface area contributed by atoms with E-state index in [1.54, 1.807) is 12.1 Å². The molecule has 0 radical (unpaired) electrons. The highest BCUT2D eigenvalue weighted by atomic mass is 16.5. The van der Waals surface area contributed by atoms with Gasteiger partial charge in [0.2, 0.25) is 11.8 Å². The molecule has 0 spiro atoms. The number of anilines is 1. The van der Waals surface area contributed by atoms with Gasteiger partial charge in [0.25, 0.3) is 0 Å². The molecule has 0 atom stereocenters. The number of aromatic nitrogens is 3. The molecule has 0 saturated heterocycles. The van der Waals surface area contributed by atoms with Crippen LogP contribution in [0.5, 0.6) is 11.8 Å². The van der Waals surface area contributed by atoms with Crippen LogP contribution in [0.1, 0.15) is 10.5 Å². The first-order valence-electron chi connectivity index (χ1n) is 5.91. The molecule has 8 nitrogen and oxygen atoms in total. The van der Waals surface area contributed by atoms with E-state index in [0.717, 1.165) is 0 Å². The van der Waals surface area contributed by atoms with Crippen LogP contribution in [-0.2, 0) is 4.74 Å². The maximum Gasteiger partial charge on any atom is 0.360 e. The second-order valence-electron chi connectivity index (χ2n) is 3.89. The predicted octanol–water partition coefficient (Wildman–Crippen LogP) is 0.925. The fraction of sp³-hybridized carbons (Fsp3) is 0.231. The minimum atomic E-state index is -0.665. The number of carbonyl (C=O) groups is 1. The van der Waals surface area contributed by atoms with Crippen molar-refractivity contribution in [3.8, 4) is 23.0 Å². The molecule has 0 aromatic carbocycles. The van der Waals surface area contributed by atoms with Gasteiger partial charge in [-0.15, -0.1) is 0 Å². The Hall–Kier alpha value is -2.90. The number of hydrogen-bond acceptors (Lipinski definition) is 8. The third kappa shape index (κ3) is 2.83. The molecule has 0 aliphatic carbocycles. The van der Waals surface area contributed by atoms with E-state index in [4.69, 9.17) is 15.2 Å². The number of rotatable bonds is 4. The Labute approximate surface area is 120 Å². The topological polar surface area (TPSA) is 109 Å². The first kappa shape index (κ1) is 14.5. The van der Waals surface area contributed by atoms with Crippen molar-refractivity contribution in [2.45, 2.75) is 0 Å². The molecule has 0 amide bonds. The van der Waals surface area contributed by atoms with Gasteiger partial charge >= 0.3 is 5.97 Å². The minimum Gasteiger partial charge on any atom is -0.481 e. The van der Waals surface area contributed by atoms with Gasteiger partial charge in [-0.25, -0.2) is 14.8 Å². The van der Waals surface area contributed by atoms with Gasteiger partial charge in [-0.1, -0.05) is 0 Å². The Balaban J connectivity index is 2.54. The van der Waals surface area contributed by atoms with Gasteiger partial charge in [0.05, 0.1) is 38.8 Å². The van der Waals surface area contributed by atoms with Crippen LogP contribution in [0.15, 0.2) is 18.3 Å². The Kier molecular flexibility index (Phi) is 4.17. The van der Waals surface area contributed by atoms with Gasteiger partial charge < -0.3 is 19.9 Å². The zero-order valence-corrected chi connectivity index (χ0v) is 11.8. The molecule has 0 saturated carbocycles. The molecule has 2 aromatic heterocycles. The normalized spacial score (nSPS) is 10.0. The molecule has 110 valence electrons. The van der Waals surface area contributed by atoms with Crippen LogP contribution >= 0.6 is 0 Å². The van der Waals surface area contributed by atoms with Crippen molar-refractivity contribution in [1.29, 1.82) is 0 Å². The number of carbonyl (C=O) groups excluding carboxylic acids is 1. The summed E-state index contributed by atoms with van der Waals surface area (Å²) in [5.41, 5.74) is 6.49. The lowest BCUT2D eigenvalue weighted by atomic mass is 10.2. The van der Waals surface area contributed by atoms with E-state index in [2.05, 4.69) is 19.7 Å². The van der Waals surface area contributed by atoms with Crippen molar-refractivity contribution < 1.29 is 19.0 Å². The van der Waals surface area contributed by atoms with E-state index < -0.39 is 5.97 Å². The highest BCUT2D eigenvalue weighted by Crippen LogP contribution is 2.29. The number of hydrogen-bond donors (Lipinski definition) is 1. The maximum absolute atomic E-state index is 11.6. The number of esters is 1. The monoisotopic (exact) mass is 290 g/mol. The molecule has 0 fully saturated rings. The highest BCUT2D eigenvalue weighted by Gasteiger charge is 2.17. The lowest BCUT2D eigenvalue weighted by molar-refractivity contribution is 0.0595. The van der Waals surface area contributed by atoms with Crippen molar-refractivity contribution >= 4 is 11.8 Å². The molecular weight excluding hydrogens is 276 g/mol. The largest absolute Gasteiger partial charge is 0.481 e. The molecule has 2 aromatic rings. The molecule has 8 heteroatoms. The van der Waals surface area contributed by atoms with Crippen LogP contribution in [-0.4, -0.2) is 42.3 Å². The third-order valence-corrected chi connectivity index (χ3v) is 2.69. The van der Waals surface area contributed by atoms with Crippen LogP contribution in [0.25, 0.3) is 11.3 Å². The summed E-state index contributed by atoms with van der Waals surface area (Å²) in [5, 5.41) is 0. The summed E-state index contributed by atoms with van der Waals surface area (Å²) in [6.07, 6.45) is 1.42. The van der Waals surface area contributed by atoms with Crippen molar-refractivity contribution in [3.63, 3.8) is 0 Å². The van der Waals surface area contributed by atoms with Crippen LogP contribution < -0.4 is 15.2 Å². The van der Waals surface area contributed by atoms with E-state index in [9.17, 15) is 4.79 Å². The summed E-state index contributed by atoms with van der Waals surface area (Å²) < 4.78 is 14.8. The first-order chi connectivity index (χ1) is 10.1. The van der Waals surface area contributed by atoms with Gasteiger partial charge in [-0.3, -0.25) is 0 Å². The van der Waals surface area contributed by atoms with E-state index in [0.29, 0.717) is 23.0 Å². The lowest BCUT2D eigenvalue weighted by Gasteiger charge is -2.09. The Morgan fingerprint density at radius 2 is 1.90 bits per heavy atom. The fourth-order valence-corrected chi connectivity index (χ4v) is 1.66. The number of nitrogens with two attached hydrogens (primary N) is 1. The molecule has 21 heavy (non-hydrogen) atoms. The average molecular weight is 290 g/mol. The lowest BCUT2D eigenvalue weighted by Crippen LogP contribution is -2.11. The number of pyridine rings is 1. The molecule has 2 rings (SSSR count). The van der Waals surface area contributed by atoms with Gasteiger partial charge in [0.1, 0.15) is 0 Å². The van der Waals surface area contributed by atoms with Crippen molar-refractivity contribution in [2.75, 3.05) is 27.1 Å². The summed E-state index contributed by atoms with van der Waals surface area (Å²) in [6.45, 7) is 0. The highest BCUT2D eigenvalue weighted by molar-refractivity contribution is 5.92. The Bertz CT molecular complexity index is 675. The summed E-state index contributed by atoms with van der Waals surface area (Å²) in [7, 11) is 4.21. The van der Waals surface area contributed by atoms with E-state index in [-0.39, 0.29) is 11.5 Å². The number of methoxy groups -OCH3 is 3. The van der Waals surface area contributed by atoms with Crippen LogP contribution in [0.2, 0.25) is 0 Å². The zero-order valence-electron chi connectivity index (χ0n) is 11.8. The van der Waals surface area contributed by atoms with Crippen LogP contribution in [0.3, 0.4) is 0 Å². The van der Waals surface area contributed by atoms with Gasteiger partial charge in [0.15, 0.2) is 11.5 Å². The second-order valence-corrected chi connectivity index (χ2v) is 3.89. The van der Waals surface area contributed by atoms with E-state index in [1.165, 1.54) is 27.5 Å². The number of ether oxygens (including phenoxy) is 3. The number of nitrogens with zero attached hydrogens (tertiary/aromatic N) is 3. The fourth-order valence-electron chi connectivity index (χ4n) is 1.66. The summed E-state index contributed by atoms with van der Waals surface area (Å²) in [4.78, 5) is 23.8. The smallest absolute Gasteiger partial charge is 0.360 e. The molecule has 0 unspecified atom stereocenters. The molecule has 2 heterocycles. The predicted molar refractivity (Wildman–Crippen MR) is 74.1 cm³/mol. The first-order valence-corrected chi connectivity index (χ1v) is 5.91. The maximum atomic E-state index is 11.6.